The second kappa shape index (κ2) is 5.63. The number of anilines is 1. The lowest BCUT2D eigenvalue weighted by Crippen LogP contribution is -2.27. The third-order valence-electron chi connectivity index (χ3n) is 3.52. The zero-order chi connectivity index (χ0) is 17.5. The Balaban J connectivity index is 2.06. The number of fused-ring (bicyclic) bond motifs is 1. The van der Waals surface area contributed by atoms with Crippen LogP contribution in [0.5, 0.6) is 0 Å². The van der Waals surface area contributed by atoms with E-state index in [9.17, 15) is 4.79 Å². The summed E-state index contributed by atoms with van der Waals surface area (Å²) in [6.45, 7) is 7.35. The Morgan fingerprint density at radius 3 is 2.58 bits per heavy atom. The summed E-state index contributed by atoms with van der Waals surface area (Å²) in [6.07, 6.45) is 2.87. The second-order valence-electron chi connectivity index (χ2n) is 6.72. The van der Waals surface area contributed by atoms with Crippen molar-refractivity contribution in [2.45, 2.75) is 33.3 Å². The number of hydrogen-bond donors (Lipinski definition) is 1. The van der Waals surface area contributed by atoms with Gasteiger partial charge in [0.2, 0.25) is 0 Å². The number of nitrogens with zero attached hydrogens (tertiary/aromatic N) is 3. The lowest BCUT2D eigenvalue weighted by Gasteiger charge is -2.19. The van der Waals surface area contributed by atoms with Gasteiger partial charge in [0, 0.05) is 23.3 Å². The number of carbonyl (C=O) groups excluding carboxylic acids is 1. The molecule has 0 amide bonds. The van der Waals surface area contributed by atoms with Gasteiger partial charge in [0.15, 0.2) is 0 Å². The number of aryl methyl sites for hydroxylation is 1. The first-order valence-electron chi connectivity index (χ1n) is 7.68. The van der Waals surface area contributed by atoms with Gasteiger partial charge in [0.05, 0.1) is 16.9 Å². The zero-order valence-corrected chi connectivity index (χ0v) is 14.2. The van der Waals surface area contributed by atoms with Crippen LogP contribution in [-0.2, 0) is 4.74 Å². The number of hydrogen-bond acceptors (Lipinski definition) is 5. The van der Waals surface area contributed by atoms with E-state index in [1.54, 1.807) is 12.4 Å². The van der Waals surface area contributed by atoms with E-state index < -0.39 is 11.7 Å². The molecule has 2 aromatic heterocycles. The normalized spacial score (nSPS) is 11.7. The van der Waals surface area contributed by atoms with Crippen LogP contribution in [0.25, 0.3) is 22.0 Å². The lowest BCUT2D eigenvalue weighted by atomic mass is 10.0. The molecule has 2 heterocycles. The third-order valence-corrected chi connectivity index (χ3v) is 3.52. The van der Waals surface area contributed by atoms with E-state index in [-0.39, 0.29) is 0 Å². The Labute approximate surface area is 140 Å². The first-order valence-corrected chi connectivity index (χ1v) is 7.68. The van der Waals surface area contributed by atoms with Crippen LogP contribution in [0, 0.1) is 6.92 Å². The van der Waals surface area contributed by atoms with Crippen LogP contribution in [0.2, 0.25) is 0 Å². The maximum Gasteiger partial charge on any atom is 0.435 e. The first-order chi connectivity index (χ1) is 11.2. The maximum absolute atomic E-state index is 12.3. The topological polar surface area (TPSA) is 83.0 Å². The molecule has 0 spiro atoms. The number of ether oxygens (including phenoxy) is 1. The Hall–Kier alpha value is -2.89. The number of rotatable bonds is 1. The van der Waals surface area contributed by atoms with Gasteiger partial charge in [0.1, 0.15) is 5.60 Å². The van der Waals surface area contributed by atoms with Crippen molar-refractivity contribution in [3.8, 4) is 11.1 Å². The van der Waals surface area contributed by atoms with Crippen LogP contribution in [-0.4, -0.2) is 26.5 Å². The summed E-state index contributed by atoms with van der Waals surface area (Å²) in [5.74, 6) is 0. The van der Waals surface area contributed by atoms with E-state index in [0.29, 0.717) is 11.2 Å². The van der Waals surface area contributed by atoms with Crippen LogP contribution in [0.4, 0.5) is 10.5 Å². The van der Waals surface area contributed by atoms with E-state index >= 15 is 0 Å². The van der Waals surface area contributed by atoms with Gasteiger partial charge in [-0.3, -0.25) is 4.98 Å². The van der Waals surface area contributed by atoms with Crippen molar-refractivity contribution < 1.29 is 9.53 Å². The lowest BCUT2D eigenvalue weighted by molar-refractivity contribution is 0.0522. The molecule has 0 aliphatic carbocycles. The van der Waals surface area contributed by atoms with Gasteiger partial charge in [0.25, 0.3) is 0 Å². The average molecular weight is 324 g/mol. The Morgan fingerprint density at radius 2 is 1.92 bits per heavy atom. The molecule has 0 saturated carbocycles. The van der Waals surface area contributed by atoms with Gasteiger partial charge >= 0.3 is 6.09 Å². The molecular formula is C18H20N4O2. The van der Waals surface area contributed by atoms with Crippen molar-refractivity contribution in [1.82, 2.24) is 14.8 Å². The van der Waals surface area contributed by atoms with Crippen LogP contribution in [0.3, 0.4) is 0 Å². The van der Waals surface area contributed by atoms with Crippen LogP contribution in [0.1, 0.15) is 26.5 Å². The molecule has 0 aliphatic rings. The van der Waals surface area contributed by atoms with Crippen molar-refractivity contribution in [2.75, 3.05) is 5.73 Å². The number of nitrogen functional groups attached to an aromatic ring is 1. The van der Waals surface area contributed by atoms with Gasteiger partial charge in [-0.25, -0.2) is 4.79 Å². The largest absolute Gasteiger partial charge is 0.442 e. The van der Waals surface area contributed by atoms with Crippen molar-refractivity contribution in [3.63, 3.8) is 0 Å². The molecule has 0 fully saturated rings. The SMILES string of the molecule is Cc1nn(C(=O)OC(C)(C)C)c2ccc(-c3cncc(N)c3)cc12. The highest BCUT2D eigenvalue weighted by Crippen LogP contribution is 2.27. The molecule has 2 N–H and O–H groups in total. The van der Waals surface area contributed by atoms with Crippen molar-refractivity contribution in [1.29, 1.82) is 0 Å². The molecule has 3 aromatic rings. The fourth-order valence-electron chi connectivity index (χ4n) is 2.51. The third kappa shape index (κ3) is 3.08. The average Bonchev–Trinajstić information content (AvgIpc) is 2.82. The van der Waals surface area contributed by atoms with Gasteiger partial charge in [-0.1, -0.05) is 6.07 Å². The minimum atomic E-state index is -0.573. The molecule has 124 valence electrons. The van der Waals surface area contributed by atoms with Crippen molar-refractivity contribution >= 4 is 22.7 Å². The van der Waals surface area contributed by atoms with E-state index in [4.69, 9.17) is 10.5 Å². The summed E-state index contributed by atoms with van der Waals surface area (Å²) in [4.78, 5) is 16.5. The number of nitrogens with two attached hydrogens (primary N) is 1. The highest BCUT2D eigenvalue weighted by Gasteiger charge is 2.21. The highest BCUT2D eigenvalue weighted by molar-refractivity contribution is 5.92. The maximum atomic E-state index is 12.3. The number of benzene rings is 1. The summed E-state index contributed by atoms with van der Waals surface area (Å²) in [6, 6.07) is 7.62. The summed E-state index contributed by atoms with van der Waals surface area (Å²) >= 11 is 0. The molecule has 24 heavy (non-hydrogen) atoms. The van der Waals surface area contributed by atoms with Crippen molar-refractivity contribution in [3.05, 3.63) is 42.4 Å². The molecule has 3 rings (SSSR count). The molecule has 1 aromatic carbocycles. The van der Waals surface area contributed by atoms with Crippen LogP contribution < -0.4 is 5.73 Å². The minimum Gasteiger partial charge on any atom is -0.442 e. The highest BCUT2D eigenvalue weighted by atomic mass is 16.6. The minimum absolute atomic E-state index is 0.487. The predicted octanol–water partition coefficient (Wildman–Crippen LogP) is 3.77. The molecule has 0 atom stereocenters. The fraction of sp³-hybridized carbons (Fsp3) is 0.278. The Bertz CT molecular complexity index is 922. The molecule has 0 radical (unpaired) electrons. The van der Waals surface area contributed by atoms with Crippen LogP contribution in [0.15, 0.2) is 36.7 Å². The molecule has 6 heteroatoms. The Kier molecular flexibility index (Phi) is 3.75. The van der Waals surface area contributed by atoms with E-state index in [1.807, 2.05) is 52.0 Å². The van der Waals surface area contributed by atoms with E-state index in [0.717, 1.165) is 22.2 Å². The first kappa shape index (κ1) is 16.0. The zero-order valence-electron chi connectivity index (χ0n) is 14.2. The quantitative estimate of drug-likeness (QED) is 0.736. The van der Waals surface area contributed by atoms with Crippen molar-refractivity contribution in [2.24, 2.45) is 0 Å². The van der Waals surface area contributed by atoms with Gasteiger partial charge < -0.3 is 10.5 Å². The number of aromatic nitrogens is 3. The molecule has 0 unspecified atom stereocenters. The van der Waals surface area contributed by atoms with E-state index in [1.165, 1.54) is 4.68 Å². The summed E-state index contributed by atoms with van der Waals surface area (Å²) in [5, 5.41) is 5.22. The van der Waals surface area contributed by atoms with Gasteiger partial charge in [-0.2, -0.15) is 9.78 Å². The summed E-state index contributed by atoms with van der Waals surface area (Å²) in [7, 11) is 0. The smallest absolute Gasteiger partial charge is 0.435 e. The Morgan fingerprint density at radius 1 is 1.17 bits per heavy atom. The van der Waals surface area contributed by atoms with Crippen LogP contribution >= 0.6 is 0 Å². The molecule has 0 aliphatic heterocycles. The summed E-state index contributed by atoms with van der Waals surface area (Å²) in [5.41, 5.74) is 9.19. The monoisotopic (exact) mass is 324 g/mol. The fourth-order valence-corrected chi connectivity index (χ4v) is 2.51. The second-order valence-corrected chi connectivity index (χ2v) is 6.72. The predicted molar refractivity (Wildman–Crippen MR) is 93.7 cm³/mol. The number of pyridine rings is 1. The molecular weight excluding hydrogens is 304 g/mol. The number of carbonyl (C=O) groups is 1. The van der Waals surface area contributed by atoms with Gasteiger partial charge in [-0.15, -0.1) is 0 Å². The molecule has 0 bridgehead atoms. The molecule has 0 saturated heterocycles. The standard InChI is InChI=1S/C18H20N4O2/c1-11-15-8-12(13-7-14(19)10-20-9-13)5-6-16(15)22(21-11)17(23)24-18(2,3)4/h5-10H,19H2,1-4H3. The van der Waals surface area contributed by atoms with E-state index in [2.05, 4.69) is 10.1 Å². The molecule has 6 nitrogen and oxygen atoms in total. The van der Waals surface area contributed by atoms with Gasteiger partial charge in [-0.05, 0) is 51.5 Å². The summed E-state index contributed by atoms with van der Waals surface area (Å²) < 4.78 is 6.71.